The minimum atomic E-state index is 0.534. The van der Waals surface area contributed by atoms with Crippen molar-refractivity contribution in [3.8, 4) is 11.5 Å². The molecule has 0 bridgehead atoms. The highest BCUT2D eigenvalue weighted by Gasteiger charge is 2.11. The standard InChI is InChI=1S/C13H19ClN2O2/c1-4-6-18-13-11(14)7-10(9-16-15-3)8-12(13)17-5-2/h7-9,15H,4-6H2,1-3H3/b16-9+. The highest BCUT2D eigenvalue weighted by molar-refractivity contribution is 6.32. The van der Waals surface area contributed by atoms with Crippen molar-refractivity contribution in [2.24, 2.45) is 5.10 Å². The van der Waals surface area contributed by atoms with Gasteiger partial charge in [-0.1, -0.05) is 18.5 Å². The Morgan fingerprint density at radius 3 is 2.72 bits per heavy atom. The number of ether oxygens (including phenoxy) is 2. The minimum absolute atomic E-state index is 0.534. The smallest absolute Gasteiger partial charge is 0.179 e. The van der Waals surface area contributed by atoms with Crippen LogP contribution in [0.1, 0.15) is 25.8 Å². The molecule has 18 heavy (non-hydrogen) atoms. The molecule has 4 nitrogen and oxygen atoms in total. The van der Waals surface area contributed by atoms with Crippen molar-refractivity contribution in [2.45, 2.75) is 20.3 Å². The van der Waals surface area contributed by atoms with Crippen molar-refractivity contribution in [1.29, 1.82) is 0 Å². The van der Waals surface area contributed by atoms with E-state index in [0.29, 0.717) is 29.7 Å². The Hall–Kier alpha value is -1.42. The van der Waals surface area contributed by atoms with Gasteiger partial charge in [0, 0.05) is 7.05 Å². The Morgan fingerprint density at radius 2 is 2.11 bits per heavy atom. The molecule has 0 aromatic heterocycles. The number of hydrogen-bond donors (Lipinski definition) is 1. The van der Waals surface area contributed by atoms with E-state index >= 15 is 0 Å². The highest BCUT2D eigenvalue weighted by atomic mass is 35.5. The van der Waals surface area contributed by atoms with Gasteiger partial charge in [0.25, 0.3) is 0 Å². The molecule has 0 spiro atoms. The first-order chi connectivity index (χ1) is 8.72. The average molecular weight is 271 g/mol. The SMILES string of the molecule is CCCOc1c(Cl)cc(/C=N/NC)cc1OCC. The molecule has 100 valence electrons. The van der Waals surface area contributed by atoms with E-state index in [4.69, 9.17) is 21.1 Å². The molecular weight excluding hydrogens is 252 g/mol. The number of rotatable bonds is 7. The maximum atomic E-state index is 6.20. The summed E-state index contributed by atoms with van der Waals surface area (Å²) in [4.78, 5) is 0. The van der Waals surface area contributed by atoms with Crippen LogP contribution in [0.25, 0.3) is 0 Å². The number of hydrogen-bond acceptors (Lipinski definition) is 4. The van der Waals surface area contributed by atoms with Crippen molar-refractivity contribution >= 4 is 17.8 Å². The lowest BCUT2D eigenvalue weighted by Crippen LogP contribution is -2.02. The van der Waals surface area contributed by atoms with Crippen LogP contribution in [0.3, 0.4) is 0 Å². The third-order valence-corrected chi connectivity index (χ3v) is 2.41. The van der Waals surface area contributed by atoms with Gasteiger partial charge in [0.2, 0.25) is 0 Å². The predicted molar refractivity (Wildman–Crippen MR) is 75.1 cm³/mol. The topological polar surface area (TPSA) is 42.8 Å². The van der Waals surface area contributed by atoms with Crippen LogP contribution < -0.4 is 14.9 Å². The predicted octanol–water partition coefficient (Wildman–Crippen LogP) is 3.08. The molecule has 1 aromatic carbocycles. The third kappa shape index (κ3) is 4.11. The highest BCUT2D eigenvalue weighted by Crippen LogP contribution is 2.36. The van der Waals surface area contributed by atoms with E-state index in [2.05, 4.69) is 10.5 Å². The molecule has 1 rings (SSSR count). The molecule has 0 fully saturated rings. The number of halogens is 1. The van der Waals surface area contributed by atoms with Gasteiger partial charge in [-0.05, 0) is 31.0 Å². The van der Waals surface area contributed by atoms with Crippen LogP contribution in [-0.2, 0) is 0 Å². The van der Waals surface area contributed by atoms with Gasteiger partial charge in [0.05, 0.1) is 24.5 Å². The molecule has 0 atom stereocenters. The zero-order valence-electron chi connectivity index (χ0n) is 11.0. The second kappa shape index (κ2) is 7.82. The molecule has 5 heteroatoms. The van der Waals surface area contributed by atoms with Crippen molar-refractivity contribution in [1.82, 2.24) is 5.43 Å². The molecule has 0 aliphatic heterocycles. The number of nitrogens with zero attached hydrogens (tertiary/aromatic N) is 1. The molecule has 1 N–H and O–H groups in total. The van der Waals surface area contributed by atoms with Crippen LogP contribution in [-0.4, -0.2) is 26.5 Å². The summed E-state index contributed by atoms with van der Waals surface area (Å²) in [5.74, 6) is 1.25. The Labute approximate surface area is 113 Å². The molecule has 0 aliphatic rings. The first kappa shape index (κ1) is 14.6. The fourth-order valence-electron chi connectivity index (χ4n) is 1.41. The van der Waals surface area contributed by atoms with E-state index in [9.17, 15) is 0 Å². The second-order valence-electron chi connectivity index (χ2n) is 3.59. The average Bonchev–Trinajstić information content (AvgIpc) is 2.36. The Kier molecular flexibility index (Phi) is 6.36. The third-order valence-electron chi connectivity index (χ3n) is 2.12. The molecule has 0 aliphatic carbocycles. The largest absolute Gasteiger partial charge is 0.490 e. The van der Waals surface area contributed by atoms with E-state index in [1.807, 2.05) is 19.9 Å². The molecule has 0 heterocycles. The van der Waals surface area contributed by atoms with Gasteiger partial charge in [-0.2, -0.15) is 5.10 Å². The first-order valence-corrected chi connectivity index (χ1v) is 6.39. The van der Waals surface area contributed by atoms with E-state index in [0.717, 1.165) is 12.0 Å². The van der Waals surface area contributed by atoms with Crippen molar-refractivity contribution in [3.05, 3.63) is 22.7 Å². The number of hydrazone groups is 1. The minimum Gasteiger partial charge on any atom is -0.490 e. The van der Waals surface area contributed by atoms with E-state index in [1.165, 1.54) is 0 Å². The van der Waals surface area contributed by atoms with E-state index in [1.54, 1.807) is 19.3 Å². The summed E-state index contributed by atoms with van der Waals surface area (Å²) in [6, 6.07) is 3.66. The lowest BCUT2D eigenvalue weighted by molar-refractivity contribution is 0.277. The summed E-state index contributed by atoms with van der Waals surface area (Å²) >= 11 is 6.20. The van der Waals surface area contributed by atoms with Crippen molar-refractivity contribution in [2.75, 3.05) is 20.3 Å². The van der Waals surface area contributed by atoms with Crippen LogP contribution >= 0.6 is 11.6 Å². The molecule has 0 saturated heterocycles. The Bertz CT molecular complexity index is 408. The van der Waals surface area contributed by atoms with E-state index in [-0.39, 0.29) is 0 Å². The second-order valence-corrected chi connectivity index (χ2v) is 4.00. The van der Waals surface area contributed by atoms with Crippen LogP contribution in [0.4, 0.5) is 0 Å². The van der Waals surface area contributed by atoms with Gasteiger partial charge in [-0.25, -0.2) is 0 Å². The lowest BCUT2D eigenvalue weighted by atomic mass is 10.2. The van der Waals surface area contributed by atoms with Gasteiger partial charge in [-0.3, -0.25) is 0 Å². The van der Waals surface area contributed by atoms with Gasteiger partial charge >= 0.3 is 0 Å². The Balaban J connectivity index is 3.05. The maximum absolute atomic E-state index is 6.20. The fraction of sp³-hybridized carbons (Fsp3) is 0.462. The fourth-order valence-corrected chi connectivity index (χ4v) is 1.68. The van der Waals surface area contributed by atoms with Crippen LogP contribution in [0.15, 0.2) is 17.2 Å². The molecule has 0 saturated carbocycles. The quantitative estimate of drug-likeness (QED) is 0.612. The summed E-state index contributed by atoms with van der Waals surface area (Å²) in [5, 5.41) is 4.48. The summed E-state index contributed by atoms with van der Waals surface area (Å²) in [5.41, 5.74) is 3.55. The zero-order valence-corrected chi connectivity index (χ0v) is 11.8. The molecular formula is C13H19ClN2O2. The summed E-state index contributed by atoms with van der Waals surface area (Å²) in [6.07, 6.45) is 2.60. The number of nitrogens with one attached hydrogen (secondary N) is 1. The molecule has 0 unspecified atom stereocenters. The van der Waals surface area contributed by atoms with Gasteiger partial charge in [-0.15, -0.1) is 0 Å². The summed E-state index contributed by atoms with van der Waals surface area (Å²) in [6.45, 7) is 5.14. The molecule has 0 amide bonds. The normalized spacial score (nSPS) is 10.7. The number of benzene rings is 1. The zero-order chi connectivity index (χ0) is 13.4. The molecule has 0 radical (unpaired) electrons. The maximum Gasteiger partial charge on any atom is 0.179 e. The summed E-state index contributed by atoms with van der Waals surface area (Å²) < 4.78 is 11.2. The molecule has 1 aromatic rings. The van der Waals surface area contributed by atoms with E-state index < -0.39 is 0 Å². The van der Waals surface area contributed by atoms with Gasteiger partial charge < -0.3 is 14.9 Å². The van der Waals surface area contributed by atoms with Crippen LogP contribution in [0.5, 0.6) is 11.5 Å². The van der Waals surface area contributed by atoms with Crippen molar-refractivity contribution in [3.63, 3.8) is 0 Å². The Morgan fingerprint density at radius 1 is 1.33 bits per heavy atom. The lowest BCUT2D eigenvalue weighted by Gasteiger charge is -2.13. The van der Waals surface area contributed by atoms with Gasteiger partial charge in [0.15, 0.2) is 11.5 Å². The van der Waals surface area contributed by atoms with Crippen LogP contribution in [0.2, 0.25) is 5.02 Å². The summed E-state index contributed by atoms with van der Waals surface area (Å²) in [7, 11) is 1.74. The van der Waals surface area contributed by atoms with Crippen molar-refractivity contribution < 1.29 is 9.47 Å². The van der Waals surface area contributed by atoms with Crippen LogP contribution in [0, 0.1) is 0 Å². The van der Waals surface area contributed by atoms with Gasteiger partial charge in [0.1, 0.15) is 0 Å². The monoisotopic (exact) mass is 270 g/mol. The first-order valence-electron chi connectivity index (χ1n) is 6.01.